The van der Waals surface area contributed by atoms with Crippen LogP contribution in [-0.2, 0) is 13.0 Å². The highest BCUT2D eigenvalue weighted by Gasteiger charge is 2.07. The van der Waals surface area contributed by atoms with Gasteiger partial charge in [-0.1, -0.05) is 54.1 Å². The predicted octanol–water partition coefficient (Wildman–Crippen LogP) is 3.58. The number of aryl methyl sites for hydroxylation is 2. The van der Waals surface area contributed by atoms with E-state index < -0.39 is 6.10 Å². The maximum atomic E-state index is 10.2. The molecule has 0 spiro atoms. The fourth-order valence-electron chi connectivity index (χ4n) is 2.70. The van der Waals surface area contributed by atoms with Gasteiger partial charge in [0.2, 0.25) is 0 Å². The Morgan fingerprint density at radius 3 is 2.46 bits per heavy atom. The second kappa shape index (κ2) is 11.9. The molecule has 2 aromatic carbocycles. The lowest BCUT2D eigenvalue weighted by Crippen LogP contribution is -2.41. The van der Waals surface area contributed by atoms with E-state index >= 15 is 0 Å². The van der Waals surface area contributed by atoms with Crippen LogP contribution >= 0.6 is 24.0 Å². The van der Waals surface area contributed by atoms with Crippen LogP contribution in [0.25, 0.3) is 0 Å². The molecule has 0 fully saturated rings. The lowest BCUT2D eigenvalue weighted by molar-refractivity contribution is 0.177. The van der Waals surface area contributed by atoms with Crippen molar-refractivity contribution in [2.24, 2.45) is 4.99 Å². The van der Waals surface area contributed by atoms with Crippen molar-refractivity contribution in [3.8, 4) is 0 Å². The van der Waals surface area contributed by atoms with Crippen molar-refractivity contribution in [3.05, 3.63) is 70.8 Å². The van der Waals surface area contributed by atoms with Crippen molar-refractivity contribution in [2.75, 3.05) is 13.1 Å². The zero-order chi connectivity index (χ0) is 18.1. The summed E-state index contributed by atoms with van der Waals surface area (Å²) in [4.78, 5) is 4.64. The van der Waals surface area contributed by atoms with E-state index in [9.17, 15) is 5.11 Å². The normalized spacial score (nSPS) is 12.2. The van der Waals surface area contributed by atoms with Crippen molar-refractivity contribution in [1.29, 1.82) is 0 Å². The van der Waals surface area contributed by atoms with Crippen LogP contribution in [-0.4, -0.2) is 30.3 Å². The molecule has 0 saturated heterocycles. The summed E-state index contributed by atoms with van der Waals surface area (Å²) in [6.07, 6.45) is 0.178. The molecule has 2 rings (SSSR count). The van der Waals surface area contributed by atoms with Crippen molar-refractivity contribution in [3.63, 3.8) is 0 Å². The number of benzene rings is 2. The molecule has 0 aliphatic rings. The molecule has 26 heavy (non-hydrogen) atoms. The van der Waals surface area contributed by atoms with Crippen LogP contribution in [0.1, 0.15) is 29.2 Å². The number of halogens is 1. The standard InChI is InChI=1S/C21H29N3O.HI/c1-4-22-21(23-14-19-11-10-16(2)12-17(19)3)24-15-20(25)13-18-8-6-5-7-9-18;/h5-12,20,25H,4,13-15H2,1-3H3,(H2,22,23,24);1H. The monoisotopic (exact) mass is 467 g/mol. The lowest BCUT2D eigenvalue weighted by Gasteiger charge is -2.15. The first-order valence-electron chi connectivity index (χ1n) is 8.88. The molecule has 142 valence electrons. The number of hydrogen-bond donors (Lipinski definition) is 3. The van der Waals surface area contributed by atoms with Gasteiger partial charge in [-0.25, -0.2) is 4.99 Å². The van der Waals surface area contributed by atoms with Crippen LogP contribution in [0.4, 0.5) is 0 Å². The maximum absolute atomic E-state index is 10.2. The summed E-state index contributed by atoms with van der Waals surface area (Å²) >= 11 is 0. The molecule has 5 heteroatoms. The van der Waals surface area contributed by atoms with Crippen LogP contribution in [0.3, 0.4) is 0 Å². The highest BCUT2D eigenvalue weighted by Crippen LogP contribution is 2.11. The maximum Gasteiger partial charge on any atom is 0.191 e. The van der Waals surface area contributed by atoms with Gasteiger partial charge >= 0.3 is 0 Å². The van der Waals surface area contributed by atoms with Gasteiger partial charge in [0.25, 0.3) is 0 Å². The Labute approximate surface area is 174 Å². The van der Waals surface area contributed by atoms with E-state index in [1.165, 1.54) is 16.7 Å². The third-order valence-corrected chi connectivity index (χ3v) is 4.07. The zero-order valence-corrected chi connectivity index (χ0v) is 18.2. The largest absolute Gasteiger partial charge is 0.391 e. The highest BCUT2D eigenvalue weighted by atomic mass is 127. The molecule has 1 atom stereocenters. The molecule has 0 aromatic heterocycles. The van der Waals surface area contributed by atoms with Crippen LogP contribution in [0, 0.1) is 13.8 Å². The zero-order valence-electron chi connectivity index (χ0n) is 15.8. The fourth-order valence-corrected chi connectivity index (χ4v) is 2.70. The number of guanidine groups is 1. The molecule has 0 aliphatic carbocycles. The summed E-state index contributed by atoms with van der Waals surface area (Å²) in [5.74, 6) is 0.731. The van der Waals surface area contributed by atoms with Crippen LogP contribution in [0.2, 0.25) is 0 Å². The molecule has 0 bridgehead atoms. The number of aliphatic hydroxyl groups excluding tert-OH is 1. The topological polar surface area (TPSA) is 56.7 Å². The molecular weight excluding hydrogens is 437 g/mol. The van der Waals surface area contributed by atoms with Crippen molar-refractivity contribution < 1.29 is 5.11 Å². The Bertz CT molecular complexity index is 689. The van der Waals surface area contributed by atoms with Crippen molar-refractivity contribution >= 4 is 29.9 Å². The molecule has 0 heterocycles. The van der Waals surface area contributed by atoms with Crippen LogP contribution < -0.4 is 10.6 Å². The van der Waals surface area contributed by atoms with Gasteiger partial charge in [-0.2, -0.15) is 0 Å². The Morgan fingerprint density at radius 2 is 1.81 bits per heavy atom. The molecular formula is C21H30IN3O. The third kappa shape index (κ3) is 7.74. The minimum atomic E-state index is -0.452. The minimum absolute atomic E-state index is 0. The van der Waals surface area contributed by atoms with Gasteiger partial charge < -0.3 is 15.7 Å². The first kappa shape index (κ1) is 22.4. The van der Waals surface area contributed by atoms with Gasteiger partial charge in [0.15, 0.2) is 5.96 Å². The quantitative estimate of drug-likeness (QED) is 0.332. The summed E-state index contributed by atoms with van der Waals surface area (Å²) in [7, 11) is 0. The van der Waals surface area contributed by atoms with E-state index in [4.69, 9.17) is 0 Å². The molecule has 3 N–H and O–H groups in total. The summed E-state index contributed by atoms with van der Waals surface area (Å²) < 4.78 is 0. The number of hydrogen-bond acceptors (Lipinski definition) is 2. The van der Waals surface area contributed by atoms with E-state index in [0.717, 1.165) is 18.1 Å². The molecule has 1 unspecified atom stereocenters. The average Bonchev–Trinajstić information content (AvgIpc) is 2.59. The Kier molecular flexibility index (Phi) is 10.3. The van der Waals surface area contributed by atoms with Gasteiger partial charge in [-0.3, -0.25) is 0 Å². The molecule has 0 radical (unpaired) electrons. The van der Waals surface area contributed by atoms with E-state index in [1.54, 1.807) is 0 Å². The van der Waals surface area contributed by atoms with E-state index in [1.807, 2.05) is 37.3 Å². The van der Waals surface area contributed by atoms with E-state index in [2.05, 4.69) is 47.7 Å². The van der Waals surface area contributed by atoms with Gasteiger partial charge in [0, 0.05) is 19.5 Å². The number of aliphatic imine (C=N–C) groups is 1. The van der Waals surface area contributed by atoms with Crippen molar-refractivity contribution in [1.82, 2.24) is 10.6 Å². The minimum Gasteiger partial charge on any atom is -0.391 e. The molecule has 0 amide bonds. The number of nitrogens with one attached hydrogen (secondary N) is 2. The van der Waals surface area contributed by atoms with E-state index in [0.29, 0.717) is 19.5 Å². The number of nitrogens with zero attached hydrogens (tertiary/aromatic N) is 1. The molecule has 0 saturated carbocycles. The lowest BCUT2D eigenvalue weighted by atomic mass is 10.1. The molecule has 4 nitrogen and oxygen atoms in total. The third-order valence-electron chi connectivity index (χ3n) is 4.07. The highest BCUT2D eigenvalue weighted by molar-refractivity contribution is 14.0. The van der Waals surface area contributed by atoms with Gasteiger partial charge in [-0.15, -0.1) is 24.0 Å². The SMILES string of the molecule is CCNC(=NCc1ccc(C)cc1C)NCC(O)Cc1ccccc1.I. The Morgan fingerprint density at radius 1 is 1.08 bits per heavy atom. The number of rotatable bonds is 7. The average molecular weight is 467 g/mol. The second-order valence-corrected chi connectivity index (χ2v) is 6.35. The fraction of sp³-hybridized carbons (Fsp3) is 0.381. The second-order valence-electron chi connectivity index (χ2n) is 6.35. The smallest absolute Gasteiger partial charge is 0.191 e. The first-order valence-corrected chi connectivity index (χ1v) is 8.88. The summed E-state index contributed by atoms with van der Waals surface area (Å²) in [5.41, 5.74) is 4.87. The predicted molar refractivity (Wildman–Crippen MR) is 120 cm³/mol. The summed E-state index contributed by atoms with van der Waals surface area (Å²) in [6.45, 7) is 8.12. The Hall–Kier alpha value is -1.60. The molecule has 2 aromatic rings. The van der Waals surface area contributed by atoms with Crippen LogP contribution in [0.5, 0.6) is 0 Å². The van der Waals surface area contributed by atoms with Gasteiger partial charge in [-0.05, 0) is 37.5 Å². The molecule has 0 aliphatic heterocycles. The first-order chi connectivity index (χ1) is 12.1. The number of aliphatic hydroxyl groups is 1. The van der Waals surface area contributed by atoms with Gasteiger partial charge in [0.05, 0.1) is 12.6 Å². The summed E-state index contributed by atoms with van der Waals surface area (Å²) in [6, 6.07) is 16.4. The van der Waals surface area contributed by atoms with Crippen molar-refractivity contribution in [2.45, 2.75) is 39.8 Å². The van der Waals surface area contributed by atoms with E-state index in [-0.39, 0.29) is 24.0 Å². The summed E-state index contributed by atoms with van der Waals surface area (Å²) in [5, 5.41) is 16.7. The Balaban J connectivity index is 0.00000338. The van der Waals surface area contributed by atoms with Gasteiger partial charge in [0.1, 0.15) is 0 Å². The van der Waals surface area contributed by atoms with Crippen LogP contribution in [0.15, 0.2) is 53.5 Å².